The predicted octanol–water partition coefficient (Wildman–Crippen LogP) is 3.04. The first kappa shape index (κ1) is 22.5. The summed E-state index contributed by atoms with van der Waals surface area (Å²) in [7, 11) is -2.50. The van der Waals surface area contributed by atoms with E-state index in [4.69, 9.17) is 4.74 Å². The molecule has 1 unspecified atom stereocenters. The molecule has 1 amide bonds. The molecule has 0 aromatic heterocycles. The number of hydrogen-bond donors (Lipinski definition) is 2. The lowest BCUT2D eigenvalue weighted by atomic mass is 10.1. The Morgan fingerprint density at radius 2 is 1.61 bits per heavy atom. The molecule has 8 heteroatoms. The SMILES string of the molecule is COc1ccccc1CNC(=O)C(Cc1ccccc1)NS(=O)(=O)c1ccc(F)cc1. The van der Waals surface area contributed by atoms with Crippen molar-refractivity contribution >= 4 is 15.9 Å². The van der Waals surface area contributed by atoms with E-state index in [1.165, 1.54) is 7.11 Å². The Hall–Kier alpha value is -3.23. The van der Waals surface area contributed by atoms with Crippen LogP contribution in [0.1, 0.15) is 11.1 Å². The Balaban J connectivity index is 1.80. The molecule has 1 atom stereocenters. The van der Waals surface area contributed by atoms with Gasteiger partial charge in [0.15, 0.2) is 0 Å². The number of ether oxygens (including phenoxy) is 1. The van der Waals surface area contributed by atoms with E-state index >= 15 is 0 Å². The molecule has 0 bridgehead atoms. The van der Waals surface area contributed by atoms with Crippen LogP contribution in [0.3, 0.4) is 0 Å². The van der Waals surface area contributed by atoms with Crippen LogP contribution in [0.2, 0.25) is 0 Å². The zero-order valence-electron chi connectivity index (χ0n) is 16.9. The molecule has 31 heavy (non-hydrogen) atoms. The second-order valence-electron chi connectivity index (χ2n) is 6.85. The maximum absolute atomic E-state index is 13.2. The van der Waals surface area contributed by atoms with E-state index in [1.807, 2.05) is 48.5 Å². The first-order valence-electron chi connectivity index (χ1n) is 9.60. The van der Waals surface area contributed by atoms with Crippen molar-refractivity contribution < 1.29 is 22.3 Å². The van der Waals surface area contributed by atoms with E-state index in [9.17, 15) is 17.6 Å². The third-order valence-electron chi connectivity index (χ3n) is 4.67. The molecule has 0 saturated carbocycles. The molecule has 3 aromatic rings. The molecule has 162 valence electrons. The van der Waals surface area contributed by atoms with Gasteiger partial charge in [0.2, 0.25) is 15.9 Å². The van der Waals surface area contributed by atoms with Crippen molar-refractivity contribution in [3.63, 3.8) is 0 Å². The molecule has 0 heterocycles. The highest BCUT2D eigenvalue weighted by molar-refractivity contribution is 7.89. The number of benzene rings is 3. The average Bonchev–Trinajstić information content (AvgIpc) is 2.78. The predicted molar refractivity (Wildman–Crippen MR) is 115 cm³/mol. The molecule has 0 spiro atoms. The number of carbonyl (C=O) groups is 1. The number of hydrogen-bond acceptors (Lipinski definition) is 4. The standard InChI is InChI=1S/C23H23FN2O4S/c1-30-22-10-6-5-9-18(22)16-25-23(27)21(15-17-7-3-2-4-8-17)26-31(28,29)20-13-11-19(24)12-14-20/h2-14,21,26H,15-16H2,1H3,(H,25,27). The maximum Gasteiger partial charge on any atom is 0.241 e. The van der Waals surface area contributed by atoms with Crippen LogP contribution in [-0.4, -0.2) is 27.5 Å². The zero-order valence-corrected chi connectivity index (χ0v) is 17.7. The molecule has 3 aromatic carbocycles. The van der Waals surface area contributed by atoms with Crippen LogP contribution in [0.5, 0.6) is 5.75 Å². The number of carbonyl (C=O) groups excluding carboxylic acids is 1. The molecule has 0 aliphatic rings. The second kappa shape index (κ2) is 10.2. The summed E-state index contributed by atoms with van der Waals surface area (Å²) in [5.74, 6) is -0.413. The van der Waals surface area contributed by atoms with Crippen LogP contribution in [0.15, 0.2) is 83.8 Å². The van der Waals surface area contributed by atoms with E-state index in [1.54, 1.807) is 6.07 Å². The minimum Gasteiger partial charge on any atom is -0.496 e. The lowest BCUT2D eigenvalue weighted by Gasteiger charge is -2.19. The van der Waals surface area contributed by atoms with Gasteiger partial charge in [-0.05, 0) is 42.3 Å². The average molecular weight is 443 g/mol. The van der Waals surface area contributed by atoms with Gasteiger partial charge in [0.25, 0.3) is 0 Å². The second-order valence-corrected chi connectivity index (χ2v) is 8.56. The fourth-order valence-electron chi connectivity index (χ4n) is 3.06. The van der Waals surface area contributed by atoms with Gasteiger partial charge in [0, 0.05) is 12.1 Å². The molecule has 0 aliphatic heterocycles. The lowest BCUT2D eigenvalue weighted by molar-refractivity contribution is -0.122. The normalized spacial score (nSPS) is 12.2. The molecular weight excluding hydrogens is 419 g/mol. The van der Waals surface area contributed by atoms with Gasteiger partial charge >= 0.3 is 0 Å². The Morgan fingerprint density at radius 3 is 2.29 bits per heavy atom. The zero-order chi connectivity index (χ0) is 22.3. The lowest BCUT2D eigenvalue weighted by Crippen LogP contribution is -2.47. The van der Waals surface area contributed by atoms with Crippen LogP contribution in [0, 0.1) is 5.82 Å². The number of amides is 1. The molecular formula is C23H23FN2O4S. The first-order valence-corrected chi connectivity index (χ1v) is 11.1. The number of para-hydroxylation sites is 1. The van der Waals surface area contributed by atoms with Crippen LogP contribution < -0.4 is 14.8 Å². The summed E-state index contributed by atoms with van der Waals surface area (Å²) >= 11 is 0. The minimum atomic E-state index is -4.04. The van der Waals surface area contributed by atoms with Crippen molar-refractivity contribution in [1.82, 2.24) is 10.0 Å². The smallest absolute Gasteiger partial charge is 0.241 e. The van der Waals surface area contributed by atoms with Gasteiger partial charge < -0.3 is 10.1 Å². The largest absolute Gasteiger partial charge is 0.496 e. The number of sulfonamides is 1. The molecule has 0 radical (unpaired) electrons. The first-order chi connectivity index (χ1) is 14.9. The Labute approximate surface area is 181 Å². The quantitative estimate of drug-likeness (QED) is 0.534. The van der Waals surface area contributed by atoms with Gasteiger partial charge in [0.1, 0.15) is 17.6 Å². The van der Waals surface area contributed by atoms with Crippen molar-refractivity contribution in [1.29, 1.82) is 0 Å². The summed E-state index contributed by atoms with van der Waals surface area (Å²) in [6, 6.07) is 19.7. The minimum absolute atomic E-state index is 0.121. The molecule has 0 saturated heterocycles. The fraction of sp³-hybridized carbons (Fsp3) is 0.174. The van der Waals surface area contributed by atoms with Crippen molar-refractivity contribution in [2.75, 3.05) is 7.11 Å². The topological polar surface area (TPSA) is 84.5 Å². The summed E-state index contributed by atoms with van der Waals surface area (Å²) in [4.78, 5) is 12.8. The van der Waals surface area contributed by atoms with E-state index < -0.39 is 27.8 Å². The van der Waals surface area contributed by atoms with Crippen molar-refractivity contribution in [2.24, 2.45) is 0 Å². The molecule has 0 aliphatic carbocycles. The molecule has 0 fully saturated rings. The monoisotopic (exact) mass is 442 g/mol. The fourth-order valence-corrected chi connectivity index (χ4v) is 4.26. The number of methoxy groups -OCH3 is 1. The van der Waals surface area contributed by atoms with Crippen molar-refractivity contribution in [3.8, 4) is 5.75 Å². The van der Waals surface area contributed by atoms with Crippen LogP contribution in [0.25, 0.3) is 0 Å². The summed E-state index contributed by atoms with van der Waals surface area (Å²) in [5.41, 5.74) is 1.56. The van der Waals surface area contributed by atoms with E-state index in [0.29, 0.717) is 5.75 Å². The van der Waals surface area contributed by atoms with Crippen molar-refractivity contribution in [2.45, 2.75) is 23.9 Å². The highest BCUT2D eigenvalue weighted by Crippen LogP contribution is 2.17. The number of rotatable bonds is 9. The Morgan fingerprint density at radius 1 is 0.968 bits per heavy atom. The van der Waals surface area contributed by atoms with Crippen LogP contribution >= 0.6 is 0 Å². The Bertz CT molecular complexity index is 1120. The number of nitrogens with one attached hydrogen (secondary N) is 2. The Kier molecular flexibility index (Phi) is 7.38. The van der Waals surface area contributed by atoms with E-state index in [-0.39, 0.29) is 17.9 Å². The van der Waals surface area contributed by atoms with Crippen molar-refractivity contribution in [3.05, 3.63) is 95.8 Å². The third-order valence-corrected chi connectivity index (χ3v) is 6.15. The highest BCUT2D eigenvalue weighted by Gasteiger charge is 2.26. The van der Waals surface area contributed by atoms with Gasteiger partial charge in [0.05, 0.1) is 12.0 Å². The summed E-state index contributed by atoms with van der Waals surface area (Å²) in [6.07, 6.45) is 0.152. The van der Waals surface area contributed by atoms with Gasteiger partial charge in [-0.15, -0.1) is 0 Å². The maximum atomic E-state index is 13.2. The summed E-state index contributed by atoms with van der Waals surface area (Å²) in [6.45, 7) is 0.173. The van der Waals surface area contributed by atoms with Gasteiger partial charge in [-0.1, -0.05) is 48.5 Å². The van der Waals surface area contributed by atoms with Gasteiger partial charge in [-0.25, -0.2) is 12.8 Å². The van der Waals surface area contributed by atoms with Crippen LogP contribution in [-0.2, 0) is 27.8 Å². The summed E-state index contributed by atoms with van der Waals surface area (Å²) in [5, 5.41) is 2.77. The van der Waals surface area contributed by atoms with Gasteiger partial charge in [-0.3, -0.25) is 4.79 Å². The molecule has 6 nitrogen and oxygen atoms in total. The summed E-state index contributed by atoms with van der Waals surface area (Å²) < 4.78 is 46.5. The van der Waals surface area contributed by atoms with E-state index in [0.717, 1.165) is 35.4 Å². The number of halogens is 1. The van der Waals surface area contributed by atoms with E-state index in [2.05, 4.69) is 10.0 Å². The van der Waals surface area contributed by atoms with Crippen LogP contribution in [0.4, 0.5) is 4.39 Å². The molecule has 2 N–H and O–H groups in total. The molecule has 3 rings (SSSR count). The third kappa shape index (κ3) is 6.13. The van der Waals surface area contributed by atoms with Gasteiger partial charge in [-0.2, -0.15) is 4.72 Å². The highest BCUT2D eigenvalue weighted by atomic mass is 32.2.